The minimum atomic E-state index is -4.36. The molecule has 0 spiro atoms. The van der Waals surface area contributed by atoms with Crippen LogP contribution in [0.5, 0.6) is 5.75 Å². The average molecular weight is 346 g/mol. The van der Waals surface area contributed by atoms with E-state index in [1.54, 1.807) is 17.5 Å². The van der Waals surface area contributed by atoms with Gasteiger partial charge in [-0.3, -0.25) is 0 Å². The summed E-state index contributed by atoms with van der Waals surface area (Å²) in [6, 6.07) is 4.38. The molecule has 1 aromatic carbocycles. The topological polar surface area (TPSA) is 54.4 Å². The van der Waals surface area contributed by atoms with Crippen LogP contribution < -0.4 is 10.1 Å². The molecule has 8 heteroatoms. The van der Waals surface area contributed by atoms with E-state index in [-0.39, 0.29) is 12.4 Å². The second-order valence-electron chi connectivity index (χ2n) is 4.96. The highest BCUT2D eigenvalue weighted by atomic mass is 32.1. The third-order valence-corrected chi connectivity index (χ3v) is 3.89. The predicted molar refractivity (Wildman–Crippen MR) is 81.5 cm³/mol. The second-order valence-corrected chi connectivity index (χ2v) is 6.28. The molecule has 1 heterocycles. The Kier molecular flexibility index (Phi) is 5.97. The van der Waals surface area contributed by atoms with Crippen molar-refractivity contribution in [3.63, 3.8) is 0 Å². The molecule has 0 aliphatic rings. The van der Waals surface area contributed by atoms with Crippen molar-refractivity contribution in [3.8, 4) is 5.75 Å². The van der Waals surface area contributed by atoms with E-state index in [2.05, 4.69) is 10.3 Å². The molecule has 4 nitrogen and oxygen atoms in total. The van der Waals surface area contributed by atoms with Crippen molar-refractivity contribution >= 4 is 11.3 Å². The Bertz CT molecular complexity index is 614. The molecule has 0 fully saturated rings. The molecule has 0 radical (unpaired) electrons. The summed E-state index contributed by atoms with van der Waals surface area (Å²) in [7, 11) is 0. The van der Waals surface area contributed by atoms with E-state index < -0.39 is 17.8 Å². The maximum absolute atomic E-state index is 12.4. The summed E-state index contributed by atoms with van der Waals surface area (Å²) < 4.78 is 42.5. The first-order valence-corrected chi connectivity index (χ1v) is 7.76. The van der Waals surface area contributed by atoms with Gasteiger partial charge in [-0.1, -0.05) is 0 Å². The molecule has 2 rings (SSSR count). The summed E-state index contributed by atoms with van der Waals surface area (Å²) in [6.07, 6.45) is -3.35. The van der Waals surface area contributed by atoms with Crippen LogP contribution in [-0.4, -0.2) is 29.3 Å². The largest absolute Gasteiger partial charge is 0.491 e. The van der Waals surface area contributed by atoms with Gasteiger partial charge >= 0.3 is 6.18 Å². The number of aliphatic hydroxyl groups excluding tert-OH is 1. The molecule has 0 aliphatic carbocycles. The van der Waals surface area contributed by atoms with Gasteiger partial charge < -0.3 is 15.2 Å². The van der Waals surface area contributed by atoms with Gasteiger partial charge in [-0.15, -0.1) is 11.3 Å². The van der Waals surface area contributed by atoms with Crippen molar-refractivity contribution in [1.29, 1.82) is 0 Å². The zero-order valence-corrected chi connectivity index (χ0v) is 13.2. The Labute approximate surface area is 135 Å². The number of hydrogen-bond donors (Lipinski definition) is 2. The van der Waals surface area contributed by atoms with Crippen molar-refractivity contribution in [2.24, 2.45) is 0 Å². The second kappa shape index (κ2) is 7.76. The highest BCUT2D eigenvalue weighted by Gasteiger charge is 2.30. The summed E-state index contributed by atoms with van der Waals surface area (Å²) in [5, 5.41) is 13.8. The monoisotopic (exact) mass is 346 g/mol. The average Bonchev–Trinajstić information content (AvgIpc) is 2.90. The molecule has 1 aromatic heterocycles. The number of benzene rings is 1. The van der Waals surface area contributed by atoms with Crippen molar-refractivity contribution < 1.29 is 23.0 Å². The van der Waals surface area contributed by atoms with Crippen molar-refractivity contribution in [3.05, 3.63) is 45.9 Å². The Morgan fingerprint density at radius 2 is 2.00 bits per heavy atom. The number of alkyl halides is 3. The van der Waals surface area contributed by atoms with Crippen LogP contribution in [0.1, 0.15) is 15.4 Å². The zero-order valence-electron chi connectivity index (χ0n) is 12.4. The Morgan fingerprint density at radius 1 is 1.30 bits per heavy atom. The van der Waals surface area contributed by atoms with Gasteiger partial charge in [-0.25, -0.2) is 4.98 Å². The van der Waals surface area contributed by atoms with E-state index >= 15 is 0 Å². The number of aromatic nitrogens is 1. The van der Waals surface area contributed by atoms with Crippen LogP contribution in [0.4, 0.5) is 13.2 Å². The lowest BCUT2D eigenvalue weighted by Gasteiger charge is -2.13. The Balaban J connectivity index is 1.70. The van der Waals surface area contributed by atoms with Gasteiger partial charge in [0.2, 0.25) is 0 Å². The molecule has 2 aromatic rings. The lowest BCUT2D eigenvalue weighted by molar-refractivity contribution is -0.137. The minimum absolute atomic E-state index is 0.0000821. The number of aliphatic hydroxyl groups is 1. The number of ether oxygens (including phenoxy) is 1. The fourth-order valence-electron chi connectivity index (χ4n) is 1.84. The van der Waals surface area contributed by atoms with Gasteiger partial charge in [0, 0.05) is 24.2 Å². The van der Waals surface area contributed by atoms with Crippen molar-refractivity contribution in [2.45, 2.75) is 25.7 Å². The molecular formula is C15H17F3N2O2S. The van der Waals surface area contributed by atoms with Crippen LogP contribution in [0.2, 0.25) is 0 Å². The standard InChI is InChI=1S/C15H17F3N2O2S/c1-10-20-8-14(23-10)7-19-6-12(21)9-22-13-4-2-11(3-5-13)15(16,17)18/h2-5,8,12,19,21H,6-7,9H2,1H3. The summed E-state index contributed by atoms with van der Waals surface area (Å²) in [5.41, 5.74) is -0.730. The zero-order chi connectivity index (χ0) is 16.9. The Hall–Kier alpha value is -1.64. The summed E-state index contributed by atoms with van der Waals surface area (Å²) >= 11 is 1.57. The molecule has 23 heavy (non-hydrogen) atoms. The van der Waals surface area contributed by atoms with Gasteiger partial charge in [-0.05, 0) is 31.2 Å². The molecular weight excluding hydrogens is 329 g/mol. The summed E-state index contributed by atoms with van der Waals surface area (Å²) in [4.78, 5) is 5.19. The van der Waals surface area contributed by atoms with Gasteiger partial charge in [0.25, 0.3) is 0 Å². The van der Waals surface area contributed by atoms with Crippen molar-refractivity contribution in [1.82, 2.24) is 10.3 Å². The van der Waals surface area contributed by atoms with Gasteiger partial charge in [0.05, 0.1) is 10.6 Å². The quantitative estimate of drug-likeness (QED) is 0.809. The highest BCUT2D eigenvalue weighted by molar-refractivity contribution is 7.11. The van der Waals surface area contributed by atoms with E-state index in [0.29, 0.717) is 13.1 Å². The first-order chi connectivity index (χ1) is 10.8. The first kappa shape index (κ1) is 17.7. The van der Waals surface area contributed by atoms with Crippen LogP contribution in [-0.2, 0) is 12.7 Å². The molecule has 1 atom stereocenters. The molecule has 0 saturated carbocycles. The molecule has 0 aliphatic heterocycles. The van der Waals surface area contributed by atoms with Crippen LogP contribution in [0.25, 0.3) is 0 Å². The van der Waals surface area contributed by atoms with E-state index in [1.165, 1.54) is 12.1 Å². The highest BCUT2D eigenvalue weighted by Crippen LogP contribution is 2.30. The van der Waals surface area contributed by atoms with E-state index in [4.69, 9.17) is 4.74 Å². The molecule has 126 valence electrons. The van der Waals surface area contributed by atoms with E-state index in [9.17, 15) is 18.3 Å². The number of thiazole rings is 1. The van der Waals surface area contributed by atoms with Crippen molar-refractivity contribution in [2.75, 3.05) is 13.2 Å². The van der Waals surface area contributed by atoms with Gasteiger partial charge in [0.1, 0.15) is 18.5 Å². The maximum Gasteiger partial charge on any atom is 0.416 e. The maximum atomic E-state index is 12.4. The fraction of sp³-hybridized carbons (Fsp3) is 0.400. The number of hydrogen-bond acceptors (Lipinski definition) is 5. The summed E-state index contributed by atoms with van der Waals surface area (Å²) in [6.45, 7) is 2.83. The lowest BCUT2D eigenvalue weighted by atomic mass is 10.2. The molecule has 1 unspecified atom stereocenters. The third-order valence-electron chi connectivity index (χ3n) is 2.97. The SMILES string of the molecule is Cc1ncc(CNCC(O)COc2ccc(C(F)(F)F)cc2)s1. The molecule has 0 saturated heterocycles. The number of nitrogens with one attached hydrogen (secondary N) is 1. The van der Waals surface area contributed by atoms with Crippen LogP contribution >= 0.6 is 11.3 Å². The summed E-state index contributed by atoms with van der Waals surface area (Å²) in [5.74, 6) is 0.287. The normalized spacial score (nSPS) is 13.1. The number of nitrogens with zero attached hydrogens (tertiary/aromatic N) is 1. The lowest BCUT2D eigenvalue weighted by Crippen LogP contribution is -2.31. The van der Waals surface area contributed by atoms with E-state index in [0.717, 1.165) is 22.0 Å². The van der Waals surface area contributed by atoms with Gasteiger partial charge in [0.15, 0.2) is 0 Å². The Morgan fingerprint density at radius 3 is 2.57 bits per heavy atom. The minimum Gasteiger partial charge on any atom is -0.491 e. The molecule has 2 N–H and O–H groups in total. The van der Waals surface area contributed by atoms with Crippen LogP contribution in [0, 0.1) is 6.92 Å². The third kappa shape index (κ3) is 5.81. The number of aryl methyl sites for hydroxylation is 1. The van der Waals surface area contributed by atoms with E-state index in [1.807, 2.05) is 6.92 Å². The smallest absolute Gasteiger partial charge is 0.416 e. The number of halogens is 3. The van der Waals surface area contributed by atoms with Crippen LogP contribution in [0.15, 0.2) is 30.5 Å². The first-order valence-electron chi connectivity index (χ1n) is 6.95. The predicted octanol–water partition coefficient (Wildman–Crippen LogP) is 3.00. The molecule has 0 bridgehead atoms. The molecule has 0 amide bonds. The van der Waals surface area contributed by atoms with Crippen LogP contribution in [0.3, 0.4) is 0 Å². The number of rotatable bonds is 7. The van der Waals surface area contributed by atoms with Gasteiger partial charge in [-0.2, -0.15) is 13.2 Å². The fourth-order valence-corrected chi connectivity index (χ4v) is 2.61.